The van der Waals surface area contributed by atoms with Gasteiger partial charge in [0.25, 0.3) is 0 Å². The molecule has 4 rings (SSSR count). The van der Waals surface area contributed by atoms with E-state index in [4.69, 9.17) is 0 Å². The molecular weight excluding hydrogens is 240 g/mol. The molecule has 2 atom stereocenters. The molecule has 3 aliphatic rings. The van der Waals surface area contributed by atoms with Crippen LogP contribution < -0.4 is 5.32 Å². The third kappa shape index (κ3) is 2.39. The third-order valence-corrected chi connectivity index (χ3v) is 4.60. The summed E-state index contributed by atoms with van der Waals surface area (Å²) < 4.78 is 1.79. The highest BCUT2D eigenvalue weighted by Crippen LogP contribution is 2.27. The Bertz CT molecular complexity index is 462. The number of amides is 1. The molecule has 1 aromatic rings. The Morgan fingerprint density at radius 2 is 2.21 bits per heavy atom. The van der Waals surface area contributed by atoms with E-state index in [1.54, 1.807) is 10.9 Å². The van der Waals surface area contributed by atoms with Gasteiger partial charge in [-0.2, -0.15) is 5.10 Å². The molecule has 0 radical (unpaired) electrons. The first-order valence-corrected chi connectivity index (χ1v) is 7.18. The Morgan fingerprint density at radius 1 is 1.47 bits per heavy atom. The van der Waals surface area contributed by atoms with Crippen LogP contribution in [-0.2, 0) is 4.79 Å². The smallest absolute Gasteiger partial charge is 0.244 e. The number of carbonyl (C=O) groups is 1. The molecule has 3 fully saturated rings. The van der Waals surface area contributed by atoms with Crippen molar-refractivity contribution in [1.29, 1.82) is 0 Å². The monoisotopic (exact) mass is 262 g/mol. The minimum Gasteiger partial charge on any atom is -0.350 e. The first-order chi connectivity index (χ1) is 9.15. The molecular formula is C14H22N4O. The molecule has 5 heteroatoms. The molecule has 2 unspecified atom stereocenters. The van der Waals surface area contributed by atoms with Gasteiger partial charge < -0.3 is 10.2 Å². The van der Waals surface area contributed by atoms with Crippen LogP contribution in [0.1, 0.15) is 31.5 Å². The summed E-state index contributed by atoms with van der Waals surface area (Å²) in [6.07, 6.45) is 4.19. The summed E-state index contributed by atoms with van der Waals surface area (Å²) in [4.78, 5) is 14.8. The van der Waals surface area contributed by atoms with Gasteiger partial charge in [0.2, 0.25) is 5.91 Å². The van der Waals surface area contributed by atoms with Gasteiger partial charge in [-0.05, 0) is 51.8 Å². The van der Waals surface area contributed by atoms with Crippen molar-refractivity contribution in [2.75, 3.05) is 19.6 Å². The average molecular weight is 262 g/mol. The van der Waals surface area contributed by atoms with Crippen LogP contribution in [0.25, 0.3) is 0 Å². The number of hydrogen-bond donors (Lipinski definition) is 1. The molecule has 2 bridgehead atoms. The Hall–Kier alpha value is -1.36. The normalized spacial score (nSPS) is 31.2. The molecule has 3 aliphatic heterocycles. The molecule has 1 N–H and O–H groups in total. The van der Waals surface area contributed by atoms with Crippen molar-refractivity contribution < 1.29 is 4.79 Å². The lowest BCUT2D eigenvalue weighted by atomic mass is 9.84. The number of aryl methyl sites for hydroxylation is 1. The fourth-order valence-electron chi connectivity index (χ4n) is 3.33. The molecule has 0 aromatic carbocycles. The SMILES string of the molecule is Cc1ccnn1C(C)C(=O)NC1CN2CCC1CC2. The van der Waals surface area contributed by atoms with E-state index in [2.05, 4.69) is 15.3 Å². The maximum Gasteiger partial charge on any atom is 0.244 e. The lowest BCUT2D eigenvalue weighted by Crippen LogP contribution is -2.57. The van der Waals surface area contributed by atoms with Crippen molar-refractivity contribution in [3.8, 4) is 0 Å². The van der Waals surface area contributed by atoms with Crippen LogP contribution in [0.15, 0.2) is 12.3 Å². The molecule has 0 aliphatic carbocycles. The second kappa shape index (κ2) is 4.96. The highest BCUT2D eigenvalue weighted by molar-refractivity contribution is 5.80. The van der Waals surface area contributed by atoms with Crippen molar-refractivity contribution in [3.63, 3.8) is 0 Å². The summed E-state index contributed by atoms with van der Waals surface area (Å²) in [6, 6.07) is 2.02. The van der Waals surface area contributed by atoms with E-state index in [1.165, 1.54) is 25.9 Å². The van der Waals surface area contributed by atoms with E-state index < -0.39 is 0 Å². The largest absolute Gasteiger partial charge is 0.350 e. The van der Waals surface area contributed by atoms with E-state index in [1.807, 2.05) is 19.9 Å². The minimum atomic E-state index is -0.231. The molecule has 5 nitrogen and oxygen atoms in total. The lowest BCUT2D eigenvalue weighted by molar-refractivity contribution is -0.126. The Kier molecular flexibility index (Phi) is 3.31. The van der Waals surface area contributed by atoms with Gasteiger partial charge in [0.1, 0.15) is 6.04 Å². The predicted octanol–water partition coefficient (Wildman–Crippen LogP) is 0.963. The fraction of sp³-hybridized carbons (Fsp3) is 0.714. The van der Waals surface area contributed by atoms with E-state index in [0.717, 1.165) is 12.2 Å². The van der Waals surface area contributed by atoms with Crippen molar-refractivity contribution in [2.45, 2.75) is 38.8 Å². The summed E-state index contributed by atoms with van der Waals surface area (Å²) in [5.74, 6) is 0.755. The van der Waals surface area contributed by atoms with E-state index in [-0.39, 0.29) is 11.9 Å². The van der Waals surface area contributed by atoms with Crippen LogP contribution >= 0.6 is 0 Å². The van der Waals surface area contributed by atoms with Gasteiger partial charge in [0, 0.05) is 24.5 Å². The van der Waals surface area contributed by atoms with Crippen molar-refractivity contribution in [3.05, 3.63) is 18.0 Å². The second-order valence-corrected chi connectivity index (χ2v) is 5.85. The number of piperidine rings is 3. The van der Waals surface area contributed by atoms with Crippen LogP contribution in [0.2, 0.25) is 0 Å². The van der Waals surface area contributed by atoms with Gasteiger partial charge in [0.15, 0.2) is 0 Å². The van der Waals surface area contributed by atoms with Crippen LogP contribution in [0.5, 0.6) is 0 Å². The summed E-state index contributed by atoms with van der Waals surface area (Å²) >= 11 is 0. The number of carbonyl (C=O) groups excluding carboxylic acids is 1. The number of rotatable bonds is 3. The molecule has 19 heavy (non-hydrogen) atoms. The van der Waals surface area contributed by atoms with Gasteiger partial charge in [-0.1, -0.05) is 0 Å². The first-order valence-electron chi connectivity index (χ1n) is 7.18. The third-order valence-electron chi connectivity index (χ3n) is 4.60. The fourth-order valence-corrected chi connectivity index (χ4v) is 3.33. The number of nitrogens with zero attached hydrogens (tertiary/aromatic N) is 3. The summed E-state index contributed by atoms with van der Waals surface area (Å²) in [7, 11) is 0. The van der Waals surface area contributed by atoms with E-state index in [9.17, 15) is 4.79 Å². The highest BCUT2D eigenvalue weighted by Gasteiger charge is 2.35. The van der Waals surface area contributed by atoms with Gasteiger partial charge >= 0.3 is 0 Å². The zero-order chi connectivity index (χ0) is 13.4. The quantitative estimate of drug-likeness (QED) is 0.883. The number of hydrogen-bond acceptors (Lipinski definition) is 3. The van der Waals surface area contributed by atoms with Gasteiger partial charge in [0.05, 0.1) is 0 Å². The van der Waals surface area contributed by atoms with Gasteiger partial charge in [-0.25, -0.2) is 0 Å². The zero-order valence-electron chi connectivity index (χ0n) is 11.7. The maximum atomic E-state index is 12.3. The Morgan fingerprint density at radius 3 is 2.74 bits per heavy atom. The van der Waals surface area contributed by atoms with Crippen molar-refractivity contribution in [2.24, 2.45) is 5.92 Å². The Labute approximate surface area is 114 Å². The lowest BCUT2D eigenvalue weighted by Gasteiger charge is -2.45. The topological polar surface area (TPSA) is 50.2 Å². The molecule has 0 spiro atoms. The molecule has 104 valence electrons. The van der Waals surface area contributed by atoms with Crippen LogP contribution in [-0.4, -0.2) is 46.3 Å². The molecule has 0 saturated carbocycles. The summed E-state index contributed by atoms with van der Waals surface area (Å²) in [6.45, 7) is 7.30. The molecule has 1 aromatic heterocycles. The molecule has 3 saturated heterocycles. The van der Waals surface area contributed by atoms with Gasteiger partial charge in [-0.3, -0.25) is 9.48 Å². The van der Waals surface area contributed by atoms with Crippen molar-refractivity contribution >= 4 is 5.91 Å². The predicted molar refractivity (Wildman–Crippen MR) is 72.8 cm³/mol. The zero-order valence-corrected chi connectivity index (χ0v) is 11.7. The number of nitrogens with one attached hydrogen (secondary N) is 1. The van der Waals surface area contributed by atoms with Crippen LogP contribution in [0.3, 0.4) is 0 Å². The molecule has 4 heterocycles. The van der Waals surface area contributed by atoms with E-state index >= 15 is 0 Å². The van der Waals surface area contributed by atoms with E-state index in [0.29, 0.717) is 12.0 Å². The van der Waals surface area contributed by atoms with Crippen molar-refractivity contribution in [1.82, 2.24) is 20.0 Å². The number of aromatic nitrogens is 2. The first kappa shape index (κ1) is 12.7. The average Bonchev–Trinajstić information content (AvgIpc) is 2.85. The minimum absolute atomic E-state index is 0.0885. The summed E-state index contributed by atoms with van der Waals surface area (Å²) in [5, 5.41) is 7.45. The number of fused-ring (bicyclic) bond motifs is 3. The highest BCUT2D eigenvalue weighted by atomic mass is 16.2. The summed E-state index contributed by atoms with van der Waals surface area (Å²) in [5.41, 5.74) is 1.02. The molecule has 1 amide bonds. The van der Waals surface area contributed by atoms with Crippen LogP contribution in [0, 0.1) is 12.8 Å². The standard InChI is InChI=1S/C14H22N4O/c1-10-3-6-15-18(10)11(2)14(19)16-13-9-17-7-4-12(13)5-8-17/h3,6,11-13H,4-5,7-9H2,1-2H3,(H,16,19). The Balaban J connectivity index is 1.64. The van der Waals surface area contributed by atoms with Gasteiger partial charge in [-0.15, -0.1) is 0 Å². The van der Waals surface area contributed by atoms with Crippen LogP contribution in [0.4, 0.5) is 0 Å². The maximum absolute atomic E-state index is 12.3. The second-order valence-electron chi connectivity index (χ2n) is 5.85.